The van der Waals surface area contributed by atoms with Crippen molar-refractivity contribution in [2.45, 2.75) is 306 Å². The highest BCUT2D eigenvalue weighted by atomic mass is 16.7. The minimum atomic E-state index is -2.59. The summed E-state index contributed by atoms with van der Waals surface area (Å²) in [5.74, 6) is -9.46. The number of aliphatic hydroxyl groups is 21. The zero-order valence-electron chi connectivity index (χ0n) is 52.2. The maximum absolute atomic E-state index is 12.4. The van der Waals surface area contributed by atoms with Crippen LogP contribution in [0.1, 0.15) is 172 Å². The average molecular weight is 1240 g/mol. The van der Waals surface area contributed by atoms with Gasteiger partial charge in [-0.2, -0.15) is 0 Å². The number of aliphatic hydroxyl groups excluding tert-OH is 20. The van der Waals surface area contributed by atoms with E-state index in [0.717, 1.165) is 38.5 Å². The number of ether oxygens (including phenoxy) is 1. The van der Waals surface area contributed by atoms with Crippen LogP contribution >= 0.6 is 0 Å². The molecule has 29 atom stereocenters. The number of ketones is 1. The quantitative estimate of drug-likeness (QED) is 0.0143. The first kappa shape index (κ1) is 79.7. The van der Waals surface area contributed by atoms with Crippen LogP contribution in [-0.2, 0) is 14.3 Å². The molecule has 1 amide bonds. The first-order valence-electron chi connectivity index (χ1n) is 31.2. The Morgan fingerprint density at radius 3 is 1.51 bits per heavy atom. The molecule has 0 spiro atoms. The topological polar surface area (TPSA) is 480 Å². The van der Waals surface area contributed by atoms with Gasteiger partial charge < -0.3 is 117 Å². The van der Waals surface area contributed by atoms with Crippen molar-refractivity contribution in [3.63, 3.8) is 0 Å². The van der Waals surface area contributed by atoms with E-state index in [2.05, 4.69) is 12.2 Å². The van der Waals surface area contributed by atoms with Crippen LogP contribution in [0.15, 0.2) is 23.0 Å². The number of Topliss-reactive ketones (excluding diaryl/α,β-unsaturated/α-hetero) is 1. The van der Waals surface area contributed by atoms with Gasteiger partial charge in [0, 0.05) is 48.9 Å². The van der Waals surface area contributed by atoms with Gasteiger partial charge in [0.1, 0.15) is 48.0 Å². The second kappa shape index (κ2) is 37.2. The van der Waals surface area contributed by atoms with Crippen LogP contribution in [0, 0.1) is 41.4 Å². The van der Waals surface area contributed by atoms with Crippen molar-refractivity contribution in [3.05, 3.63) is 23.0 Å². The summed E-state index contributed by atoms with van der Waals surface area (Å²) in [6.45, 7) is 16.2. The van der Waals surface area contributed by atoms with Gasteiger partial charge in [-0.15, -0.1) is 0 Å². The van der Waals surface area contributed by atoms with Gasteiger partial charge in [0.05, 0.1) is 91.5 Å². The number of nitrogens with one attached hydrogen (secondary N) is 1. The summed E-state index contributed by atoms with van der Waals surface area (Å²) >= 11 is 0. The molecule has 0 saturated carbocycles. The second-order valence-corrected chi connectivity index (χ2v) is 26.0. The lowest BCUT2D eigenvalue weighted by Crippen LogP contribution is -2.65. The van der Waals surface area contributed by atoms with Gasteiger partial charge in [-0.25, -0.2) is 0 Å². The molecule has 0 aliphatic carbocycles. The van der Waals surface area contributed by atoms with E-state index in [4.69, 9.17) is 4.74 Å². The molecule has 2 saturated heterocycles. The summed E-state index contributed by atoms with van der Waals surface area (Å²) in [5, 5.41) is 231. The Labute approximate surface area is 507 Å². The third-order valence-corrected chi connectivity index (χ3v) is 18.3. The fourth-order valence-electron chi connectivity index (χ4n) is 12.2. The van der Waals surface area contributed by atoms with Crippen LogP contribution in [-0.4, -0.2) is 253 Å². The van der Waals surface area contributed by atoms with Gasteiger partial charge in [-0.3, -0.25) is 9.59 Å². The molecule has 0 unspecified atom stereocenters. The van der Waals surface area contributed by atoms with Crippen molar-refractivity contribution in [2.24, 2.45) is 41.4 Å². The lowest BCUT2D eigenvalue weighted by molar-refractivity contribution is -0.356. The molecule has 2 aliphatic rings. The van der Waals surface area contributed by atoms with Crippen LogP contribution in [0.2, 0.25) is 0 Å². The van der Waals surface area contributed by atoms with Gasteiger partial charge in [0.25, 0.3) is 5.91 Å². The normalized spacial score (nSPS) is 29.5. The highest BCUT2D eigenvalue weighted by molar-refractivity contribution is 6.27. The van der Waals surface area contributed by atoms with Crippen molar-refractivity contribution in [2.75, 3.05) is 0 Å². The van der Waals surface area contributed by atoms with Crippen LogP contribution in [0.4, 0.5) is 0 Å². The number of allylic oxidation sites excluding steroid dienone is 2. The van der Waals surface area contributed by atoms with Crippen molar-refractivity contribution >= 4 is 11.7 Å². The summed E-state index contributed by atoms with van der Waals surface area (Å²) in [4.78, 5) is 24.5. The zero-order valence-corrected chi connectivity index (χ0v) is 52.2. The molecule has 2 aliphatic heterocycles. The van der Waals surface area contributed by atoms with Crippen molar-refractivity contribution in [1.29, 1.82) is 0 Å². The summed E-state index contributed by atoms with van der Waals surface area (Å²) in [7, 11) is 0. The first-order chi connectivity index (χ1) is 39.8. The monoisotopic (exact) mass is 1240 g/mol. The molecule has 0 bridgehead atoms. The number of rotatable bonds is 41. The average Bonchev–Trinajstić information content (AvgIpc) is 1.09. The molecule has 22 N–H and O–H groups in total. The van der Waals surface area contributed by atoms with Crippen molar-refractivity contribution in [3.8, 4) is 0 Å². The molecular formula is C61H113NO24. The maximum Gasteiger partial charge on any atom is 0.259 e. The van der Waals surface area contributed by atoms with E-state index in [-0.39, 0.29) is 36.7 Å². The van der Waals surface area contributed by atoms with E-state index >= 15 is 0 Å². The van der Waals surface area contributed by atoms with Crippen LogP contribution < -0.4 is 5.32 Å². The Morgan fingerprint density at radius 2 is 0.988 bits per heavy atom. The SMILES string of the molecule is CCCCCCCCC[C@H](O)C[C@]1(O)O[C@H](C[C@H](O)[C@H](O)[C@H](O)[C@H](O)[C@H](O)C[C@H](O)C[C@H](O)C[C@H](O)[C@H](C)[C@H](O)[C@H](C)[C@H](O)C[C@H](O)[C@H](C)[C@H](O)[C@H](C)[C@H](O)[C@H](C)[C@H](O)[C@H](O)C[C@H](C)C[C@@H](C)/C=C(C)/C(O)=C2\C(=O)N[C@H](C)C2=O)[C@@H](O)[C@H](O)[C@@H]1O. The lowest BCUT2D eigenvalue weighted by atomic mass is 9.77. The fraction of sp³-hybridized carbons (Fsp3) is 0.902. The predicted molar refractivity (Wildman–Crippen MR) is 314 cm³/mol. The molecule has 2 rings (SSSR count). The highest BCUT2D eigenvalue weighted by Crippen LogP contribution is 2.36. The standard InChI is InChI=1S/C61H113NO24/c1-11-12-13-14-15-16-17-18-37(63)27-61(85)59(83)58(82)56(80)46(86-61)26-45(71)55(79)57(81)54(78)44(70)24-39(65)22-38(64)23-40(66)31(5)49(73)32(6)41(67)25-42(68)33(7)50(74)34(8)51(75)35(9)52(76)43(69)21-29(3)19-28(2)20-30(4)48(72)47-53(77)36(10)62-60(47)84/h20,28-29,31-46,49-52,54-59,63-76,78-83,85H,11-19,21-27H2,1-10H3,(H,62,84)/b30-20+,48-47+/t28-,29-,31+,32-,33+,34+,35+,36-,37+,38+,39-,40+,41-,42+,43-,44-,45+,46-,49+,50+,51+,52+,54-,55+,56-,57-,58+,59+,61+/m1/s1. The molecule has 0 radical (unpaired) electrons. The van der Waals surface area contributed by atoms with Gasteiger partial charge in [0.15, 0.2) is 11.6 Å². The van der Waals surface area contributed by atoms with Crippen LogP contribution in [0.5, 0.6) is 0 Å². The minimum Gasteiger partial charge on any atom is -0.507 e. The molecule has 506 valence electrons. The van der Waals surface area contributed by atoms with Crippen molar-refractivity contribution < 1.29 is 122 Å². The summed E-state index contributed by atoms with van der Waals surface area (Å²) in [6.07, 6.45) is -28.2. The van der Waals surface area contributed by atoms with E-state index in [1.54, 1.807) is 13.0 Å². The number of carbonyl (C=O) groups is 2. The molecule has 25 heteroatoms. The van der Waals surface area contributed by atoms with Gasteiger partial charge in [-0.1, -0.05) is 106 Å². The highest BCUT2D eigenvalue weighted by Gasteiger charge is 2.54. The van der Waals surface area contributed by atoms with E-state index in [0.29, 0.717) is 18.4 Å². The third-order valence-electron chi connectivity index (χ3n) is 18.3. The largest absolute Gasteiger partial charge is 0.507 e. The number of unbranched alkanes of at least 4 members (excludes halogenated alkanes) is 6. The van der Waals surface area contributed by atoms with Gasteiger partial charge in [-0.05, 0) is 69.8 Å². The number of amides is 1. The molecule has 2 fully saturated rings. The molecule has 0 aromatic rings. The smallest absolute Gasteiger partial charge is 0.259 e. The molecule has 0 aromatic heterocycles. The Hall–Kier alpha value is -2.42. The van der Waals surface area contributed by atoms with Gasteiger partial charge in [0.2, 0.25) is 0 Å². The molecule has 25 nitrogen and oxygen atoms in total. The third kappa shape index (κ3) is 23.4. The summed E-state index contributed by atoms with van der Waals surface area (Å²) < 4.78 is 5.50. The zero-order chi connectivity index (χ0) is 66.0. The summed E-state index contributed by atoms with van der Waals surface area (Å²) in [5.41, 5.74) is 0.0276. The predicted octanol–water partition coefficient (Wildman–Crippen LogP) is -1.51. The van der Waals surface area contributed by atoms with E-state index in [9.17, 15) is 117 Å². The Balaban J connectivity index is 1.88. The van der Waals surface area contributed by atoms with E-state index in [1.165, 1.54) is 41.5 Å². The maximum atomic E-state index is 12.4. The Morgan fingerprint density at radius 1 is 0.535 bits per heavy atom. The minimum absolute atomic E-state index is 0.111. The van der Waals surface area contributed by atoms with Crippen molar-refractivity contribution in [1.82, 2.24) is 5.32 Å². The van der Waals surface area contributed by atoms with E-state index in [1.807, 2.05) is 13.8 Å². The molecule has 0 aromatic carbocycles. The van der Waals surface area contributed by atoms with Crippen LogP contribution in [0.3, 0.4) is 0 Å². The summed E-state index contributed by atoms with van der Waals surface area (Å²) in [6, 6.07) is -0.745. The Bertz CT molecular complexity index is 2040. The van der Waals surface area contributed by atoms with Gasteiger partial charge >= 0.3 is 0 Å². The van der Waals surface area contributed by atoms with E-state index < -0.39 is 213 Å². The lowest BCUT2D eigenvalue weighted by Gasteiger charge is -2.47. The molecular weight excluding hydrogens is 1130 g/mol. The second-order valence-electron chi connectivity index (χ2n) is 26.0. The first-order valence-corrected chi connectivity index (χ1v) is 31.2. The molecule has 86 heavy (non-hydrogen) atoms. The number of hydrogen-bond donors (Lipinski definition) is 22. The fourth-order valence-corrected chi connectivity index (χ4v) is 12.2. The van der Waals surface area contributed by atoms with Crippen LogP contribution in [0.25, 0.3) is 0 Å². The molecule has 2 heterocycles. The Kier molecular flexibility index (Phi) is 34.4. The number of carbonyl (C=O) groups excluding carboxylic acids is 2. The number of hydrogen-bond acceptors (Lipinski definition) is 24.